The van der Waals surface area contributed by atoms with Gasteiger partial charge >= 0.3 is 6.03 Å². The van der Waals surface area contributed by atoms with Crippen LogP contribution in [0.3, 0.4) is 0 Å². The highest BCUT2D eigenvalue weighted by Gasteiger charge is 2.02. The zero-order chi connectivity index (χ0) is 13.4. The van der Waals surface area contributed by atoms with Crippen LogP contribution >= 0.6 is 0 Å². The maximum absolute atomic E-state index is 11.4. The van der Waals surface area contributed by atoms with Crippen LogP contribution in [0.2, 0.25) is 0 Å². The summed E-state index contributed by atoms with van der Waals surface area (Å²) >= 11 is 0. The number of phenols is 1. The minimum absolute atomic E-state index is 0.147. The van der Waals surface area contributed by atoms with Crippen molar-refractivity contribution >= 4 is 6.03 Å². The first-order valence-corrected chi connectivity index (χ1v) is 6.38. The standard InChI is InChI=1S/C14H22N2O2/c1-11(2)7-9-15-14(18)16-10-8-12-5-3-4-6-13(12)17/h3-6,11,17H,7-10H2,1-2H3,(H2,15,16,18). The van der Waals surface area contributed by atoms with E-state index in [0.717, 1.165) is 12.0 Å². The molecule has 4 nitrogen and oxygen atoms in total. The molecule has 0 radical (unpaired) electrons. The Morgan fingerprint density at radius 3 is 2.56 bits per heavy atom. The quantitative estimate of drug-likeness (QED) is 0.725. The van der Waals surface area contributed by atoms with E-state index in [-0.39, 0.29) is 11.8 Å². The fraction of sp³-hybridized carbons (Fsp3) is 0.500. The van der Waals surface area contributed by atoms with Gasteiger partial charge in [-0.05, 0) is 30.4 Å². The predicted octanol–water partition coefficient (Wildman–Crippen LogP) is 2.28. The molecule has 0 aliphatic heterocycles. The van der Waals surface area contributed by atoms with Crippen molar-refractivity contribution in [2.24, 2.45) is 5.92 Å². The predicted molar refractivity (Wildman–Crippen MR) is 72.7 cm³/mol. The van der Waals surface area contributed by atoms with E-state index in [0.29, 0.717) is 25.4 Å². The monoisotopic (exact) mass is 250 g/mol. The van der Waals surface area contributed by atoms with Crippen molar-refractivity contribution in [1.29, 1.82) is 0 Å². The molecule has 0 saturated carbocycles. The van der Waals surface area contributed by atoms with Crippen LogP contribution in [0.25, 0.3) is 0 Å². The molecule has 0 bridgehead atoms. The van der Waals surface area contributed by atoms with Crippen LogP contribution in [0.4, 0.5) is 4.79 Å². The number of amides is 2. The Morgan fingerprint density at radius 2 is 1.89 bits per heavy atom. The van der Waals surface area contributed by atoms with Gasteiger partial charge in [-0.1, -0.05) is 32.0 Å². The fourth-order valence-electron chi connectivity index (χ4n) is 1.57. The first-order chi connectivity index (χ1) is 8.59. The minimum atomic E-state index is -0.147. The topological polar surface area (TPSA) is 61.4 Å². The average molecular weight is 250 g/mol. The van der Waals surface area contributed by atoms with Gasteiger partial charge in [0.1, 0.15) is 5.75 Å². The lowest BCUT2D eigenvalue weighted by Gasteiger charge is -2.09. The Balaban J connectivity index is 2.18. The molecule has 0 atom stereocenters. The van der Waals surface area contributed by atoms with E-state index in [4.69, 9.17) is 0 Å². The first-order valence-electron chi connectivity index (χ1n) is 6.38. The largest absolute Gasteiger partial charge is 0.508 e. The maximum Gasteiger partial charge on any atom is 0.314 e. The van der Waals surface area contributed by atoms with E-state index in [2.05, 4.69) is 24.5 Å². The summed E-state index contributed by atoms with van der Waals surface area (Å²) in [5.74, 6) is 0.867. The molecule has 0 unspecified atom stereocenters. The molecule has 0 heterocycles. The molecule has 0 aromatic heterocycles. The number of aromatic hydroxyl groups is 1. The highest BCUT2D eigenvalue weighted by Crippen LogP contribution is 2.15. The molecular weight excluding hydrogens is 228 g/mol. The van der Waals surface area contributed by atoms with E-state index >= 15 is 0 Å². The highest BCUT2D eigenvalue weighted by atomic mass is 16.3. The Morgan fingerprint density at radius 1 is 1.22 bits per heavy atom. The van der Waals surface area contributed by atoms with E-state index in [9.17, 15) is 9.90 Å². The van der Waals surface area contributed by atoms with Gasteiger partial charge in [-0.2, -0.15) is 0 Å². The Kier molecular flexibility index (Phi) is 6.05. The van der Waals surface area contributed by atoms with Crippen molar-refractivity contribution in [3.05, 3.63) is 29.8 Å². The molecule has 18 heavy (non-hydrogen) atoms. The van der Waals surface area contributed by atoms with Crippen LogP contribution < -0.4 is 10.6 Å². The molecule has 1 aromatic rings. The summed E-state index contributed by atoms with van der Waals surface area (Å²) in [6, 6.07) is 7.01. The van der Waals surface area contributed by atoms with Crippen molar-refractivity contribution in [2.45, 2.75) is 26.7 Å². The fourth-order valence-corrected chi connectivity index (χ4v) is 1.57. The molecule has 1 rings (SSSR count). The number of carbonyl (C=O) groups excluding carboxylic acids is 1. The zero-order valence-electron chi connectivity index (χ0n) is 11.1. The van der Waals surface area contributed by atoms with Gasteiger partial charge in [0.25, 0.3) is 0 Å². The Hall–Kier alpha value is -1.71. The van der Waals surface area contributed by atoms with Crippen molar-refractivity contribution in [2.75, 3.05) is 13.1 Å². The molecule has 4 heteroatoms. The molecule has 0 fully saturated rings. The second-order valence-electron chi connectivity index (χ2n) is 4.74. The van der Waals surface area contributed by atoms with Crippen LogP contribution in [-0.4, -0.2) is 24.2 Å². The summed E-state index contributed by atoms with van der Waals surface area (Å²) in [4.78, 5) is 11.4. The van der Waals surface area contributed by atoms with Crippen molar-refractivity contribution in [1.82, 2.24) is 10.6 Å². The summed E-state index contributed by atoms with van der Waals surface area (Å²) in [5, 5.41) is 15.1. The van der Waals surface area contributed by atoms with Crippen LogP contribution in [0.5, 0.6) is 5.75 Å². The molecule has 2 amide bonds. The number of rotatable bonds is 6. The molecule has 0 spiro atoms. The Bertz CT molecular complexity index is 378. The molecule has 0 aliphatic carbocycles. The summed E-state index contributed by atoms with van der Waals surface area (Å²) in [6.07, 6.45) is 1.61. The van der Waals surface area contributed by atoms with Crippen LogP contribution in [-0.2, 0) is 6.42 Å². The number of phenolic OH excluding ortho intramolecular Hbond substituents is 1. The lowest BCUT2D eigenvalue weighted by molar-refractivity contribution is 0.240. The SMILES string of the molecule is CC(C)CCNC(=O)NCCc1ccccc1O. The van der Waals surface area contributed by atoms with Crippen molar-refractivity contribution in [3.63, 3.8) is 0 Å². The number of hydrogen-bond donors (Lipinski definition) is 3. The lowest BCUT2D eigenvalue weighted by atomic mass is 10.1. The Labute approximate surface area is 108 Å². The van der Waals surface area contributed by atoms with E-state index in [1.807, 2.05) is 12.1 Å². The normalized spacial score (nSPS) is 10.4. The number of hydrogen-bond acceptors (Lipinski definition) is 2. The summed E-state index contributed by atoms with van der Waals surface area (Å²) < 4.78 is 0. The molecule has 0 aliphatic rings. The number of para-hydroxylation sites is 1. The average Bonchev–Trinajstić information content (AvgIpc) is 2.31. The third-order valence-corrected chi connectivity index (χ3v) is 2.68. The van der Waals surface area contributed by atoms with Crippen molar-refractivity contribution in [3.8, 4) is 5.75 Å². The lowest BCUT2D eigenvalue weighted by Crippen LogP contribution is -2.37. The van der Waals surface area contributed by atoms with Gasteiger partial charge in [0.05, 0.1) is 0 Å². The summed E-state index contributed by atoms with van der Waals surface area (Å²) in [5.41, 5.74) is 0.847. The van der Waals surface area contributed by atoms with E-state index in [1.54, 1.807) is 12.1 Å². The first kappa shape index (κ1) is 14.4. The maximum atomic E-state index is 11.4. The van der Waals surface area contributed by atoms with Crippen LogP contribution in [0.15, 0.2) is 24.3 Å². The summed E-state index contributed by atoms with van der Waals surface area (Å²) in [7, 11) is 0. The summed E-state index contributed by atoms with van der Waals surface area (Å²) in [6.45, 7) is 5.46. The molecule has 1 aromatic carbocycles. The smallest absolute Gasteiger partial charge is 0.314 e. The molecule has 0 saturated heterocycles. The molecular formula is C14H22N2O2. The number of carbonyl (C=O) groups is 1. The third kappa shape index (κ3) is 5.57. The second kappa shape index (κ2) is 7.58. The van der Waals surface area contributed by atoms with Crippen molar-refractivity contribution < 1.29 is 9.90 Å². The molecule has 3 N–H and O–H groups in total. The van der Waals surface area contributed by atoms with Gasteiger partial charge in [-0.3, -0.25) is 0 Å². The number of nitrogens with one attached hydrogen (secondary N) is 2. The third-order valence-electron chi connectivity index (χ3n) is 2.68. The van der Waals surface area contributed by atoms with Gasteiger partial charge < -0.3 is 15.7 Å². The van der Waals surface area contributed by atoms with Gasteiger partial charge in [-0.25, -0.2) is 4.79 Å². The number of benzene rings is 1. The second-order valence-corrected chi connectivity index (χ2v) is 4.74. The van der Waals surface area contributed by atoms with Gasteiger partial charge in [-0.15, -0.1) is 0 Å². The van der Waals surface area contributed by atoms with Gasteiger partial charge in [0.2, 0.25) is 0 Å². The van der Waals surface area contributed by atoms with E-state index in [1.165, 1.54) is 0 Å². The molecule has 100 valence electrons. The highest BCUT2D eigenvalue weighted by molar-refractivity contribution is 5.73. The van der Waals surface area contributed by atoms with Gasteiger partial charge in [0.15, 0.2) is 0 Å². The zero-order valence-corrected chi connectivity index (χ0v) is 11.1. The van der Waals surface area contributed by atoms with Crippen LogP contribution in [0.1, 0.15) is 25.8 Å². The minimum Gasteiger partial charge on any atom is -0.508 e. The number of urea groups is 1. The van der Waals surface area contributed by atoms with E-state index < -0.39 is 0 Å². The van der Waals surface area contributed by atoms with Gasteiger partial charge in [0, 0.05) is 13.1 Å². The van der Waals surface area contributed by atoms with Crippen LogP contribution in [0, 0.1) is 5.92 Å².